The van der Waals surface area contributed by atoms with Gasteiger partial charge in [-0.2, -0.15) is 8.42 Å². The second kappa shape index (κ2) is 9.16. The smallest absolute Gasteiger partial charge is 0.347 e. The molecule has 6 nitrogen and oxygen atoms in total. The highest BCUT2D eigenvalue weighted by molar-refractivity contribution is 9.10. The molecular weight excluding hydrogens is 424 g/mol. The largest absolute Gasteiger partial charge is 0.479 e. The van der Waals surface area contributed by atoms with E-state index >= 15 is 0 Å². The summed E-state index contributed by atoms with van der Waals surface area (Å²) in [6, 6.07) is 13.2. The number of carbonyl (C=O) groups excluding carboxylic acids is 1. The van der Waals surface area contributed by atoms with Crippen LogP contribution in [0.3, 0.4) is 0 Å². The lowest BCUT2D eigenvalue weighted by Crippen LogP contribution is -2.30. The molecule has 140 valence electrons. The number of ether oxygens (including phenoxy) is 2. The van der Waals surface area contributed by atoms with Gasteiger partial charge in [0, 0.05) is 10.9 Å². The van der Waals surface area contributed by atoms with Crippen LogP contribution in [0.5, 0.6) is 5.75 Å². The van der Waals surface area contributed by atoms with Crippen molar-refractivity contribution in [1.82, 2.24) is 0 Å². The van der Waals surface area contributed by atoms with Gasteiger partial charge in [-0.25, -0.2) is 4.79 Å². The minimum atomic E-state index is -3.90. The van der Waals surface area contributed by atoms with Crippen molar-refractivity contribution in [3.05, 3.63) is 58.6 Å². The van der Waals surface area contributed by atoms with Gasteiger partial charge < -0.3 is 9.47 Å². The van der Waals surface area contributed by atoms with Crippen molar-refractivity contribution in [2.75, 3.05) is 13.7 Å². The monoisotopic (exact) mass is 442 g/mol. The van der Waals surface area contributed by atoms with Crippen LogP contribution in [0.1, 0.15) is 12.0 Å². The van der Waals surface area contributed by atoms with Gasteiger partial charge in [0.25, 0.3) is 10.1 Å². The van der Waals surface area contributed by atoms with E-state index in [9.17, 15) is 13.2 Å². The van der Waals surface area contributed by atoms with E-state index in [0.717, 1.165) is 10.0 Å². The normalized spacial score (nSPS) is 12.4. The number of esters is 1. The van der Waals surface area contributed by atoms with Crippen LogP contribution in [0.2, 0.25) is 0 Å². The van der Waals surface area contributed by atoms with Crippen molar-refractivity contribution in [3.8, 4) is 5.75 Å². The van der Waals surface area contributed by atoms with Crippen molar-refractivity contribution < 1.29 is 26.9 Å². The van der Waals surface area contributed by atoms with Crippen LogP contribution >= 0.6 is 15.9 Å². The Morgan fingerprint density at radius 3 is 2.27 bits per heavy atom. The van der Waals surface area contributed by atoms with Crippen molar-refractivity contribution in [1.29, 1.82) is 0 Å². The van der Waals surface area contributed by atoms with Crippen molar-refractivity contribution in [3.63, 3.8) is 0 Å². The number of carbonyl (C=O) groups is 1. The Morgan fingerprint density at radius 1 is 1.08 bits per heavy atom. The van der Waals surface area contributed by atoms with Gasteiger partial charge >= 0.3 is 5.97 Å². The van der Waals surface area contributed by atoms with Gasteiger partial charge in [-0.3, -0.25) is 4.18 Å². The Bertz CT molecular complexity index is 831. The Balaban J connectivity index is 1.99. The lowest BCUT2D eigenvalue weighted by molar-refractivity contribution is -0.149. The van der Waals surface area contributed by atoms with Crippen LogP contribution in [0.4, 0.5) is 0 Å². The fraction of sp³-hybridized carbons (Fsp3) is 0.278. The van der Waals surface area contributed by atoms with Crippen molar-refractivity contribution in [2.24, 2.45) is 0 Å². The van der Waals surface area contributed by atoms with E-state index in [-0.39, 0.29) is 17.9 Å². The van der Waals surface area contributed by atoms with E-state index in [1.54, 1.807) is 36.4 Å². The van der Waals surface area contributed by atoms with Crippen LogP contribution in [0.25, 0.3) is 0 Å². The van der Waals surface area contributed by atoms with Crippen LogP contribution in [-0.4, -0.2) is 34.2 Å². The van der Waals surface area contributed by atoms with Gasteiger partial charge in [-0.15, -0.1) is 0 Å². The lowest BCUT2D eigenvalue weighted by atomic mass is 10.2. The summed E-state index contributed by atoms with van der Waals surface area (Å²) < 4.78 is 40.5. The second-order valence-corrected chi connectivity index (χ2v) is 7.99. The van der Waals surface area contributed by atoms with E-state index in [4.69, 9.17) is 13.7 Å². The van der Waals surface area contributed by atoms with Crippen LogP contribution < -0.4 is 4.74 Å². The molecule has 0 saturated heterocycles. The molecule has 0 radical (unpaired) electrons. The third-order valence-electron chi connectivity index (χ3n) is 3.48. The average molecular weight is 443 g/mol. The van der Waals surface area contributed by atoms with E-state index in [1.807, 2.05) is 6.92 Å². The molecule has 8 heteroatoms. The molecule has 1 unspecified atom stereocenters. The molecular formula is C18H19BrO6S. The molecule has 0 heterocycles. The summed E-state index contributed by atoms with van der Waals surface area (Å²) >= 11 is 3.31. The summed E-state index contributed by atoms with van der Waals surface area (Å²) in [6.07, 6.45) is -0.956. The zero-order chi connectivity index (χ0) is 19.2. The molecule has 26 heavy (non-hydrogen) atoms. The molecule has 0 spiro atoms. The molecule has 0 fully saturated rings. The summed E-state index contributed by atoms with van der Waals surface area (Å²) in [7, 11) is -2.66. The van der Waals surface area contributed by atoms with Gasteiger partial charge in [0.1, 0.15) is 5.75 Å². The maximum atomic E-state index is 12.2. The van der Waals surface area contributed by atoms with Crippen molar-refractivity contribution >= 4 is 32.0 Å². The standard InChI is InChI=1S/C18H19BrO6S/c1-13-3-9-16(10-4-13)26(21,22)24-12-11-17(18(20)23-2)25-15-7-5-14(19)6-8-15/h3-10,17H,11-12H2,1-2H3. The first-order chi connectivity index (χ1) is 12.3. The van der Waals surface area contributed by atoms with Gasteiger partial charge in [-0.05, 0) is 43.3 Å². The van der Waals surface area contributed by atoms with Crippen LogP contribution in [-0.2, 0) is 23.8 Å². The second-order valence-electron chi connectivity index (χ2n) is 5.46. The van der Waals surface area contributed by atoms with E-state index in [1.165, 1.54) is 19.2 Å². The summed E-state index contributed by atoms with van der Waals surface area (Å²) in [6.45, 7) is 1.64. The van der Waals surface area contributed by atoms with Crippen LogP contribution in [0, 0.1) is 6.92 Å². The number of hydrogen-bond acceptors (Lipinski definition) is 6. The first-order valence-electron chi connectivity index (χ1n) is 7.78. The number of hydrogen-bond donors (Lipinski definition) is 0. The topological polar surface area (TPSA) is 78.9 Å². The van der Waals surface area contributed by atoms with Gasteiger partial charge in [0.15, 0.2) is 6.10 Å². The molecule has 2 aromatic rings. The zero-order valence-corrected chi connectivity index (χ0v) is 16.7. The number of aryl methyl sites for hydroxylation is 1. The predicted octanol–water partition coefficient (Wildman–Crippen LogP) is 3.47. The van der Waals surface area contributed by atoms with E-state index in [2.05, 4.69) is 15.9 Å². The fourth-order valence-electron chi connectivity index (χ4n) is 2.07. The van der Waals surface area contributed by atoms with E-state index in [0.29, 0.717) is 5.75 Å². The highest BCUT2D eigenvalue weighted by Gasteiger charge is 2.23. The molecule has 0 aliphatic rings. The lowest BCUT2D eigenvalue weighted by Gasteiger charge is -2.17. The van der Waals surface area contributed by atoms with Crippen LogP contribution in [0.15, 0.2) is 57.9 Å². The van der Waals surface area contributed by atoms with Crippen molar-refractivity contribution in [2.45, 2.75) is 24.3 Å². The molecule has 0 bridgehead atoms. The highest BCUT2D eigenvalue weighted by Crippen LogP contribution is 2.19. The van der Waals surface area contributed by atoms with Gasteiger partial charge in [-0.1, -0.05) is 33.6 Å². The maximum absolute atomic E-state index is 12.2. The Labute approximate surface area is 161 Å². The quantitative estimate of drug-likeness (QED) is 0.459. The fourth-order valence-corrected chi connectivity index (χ4v) is 3.26. The number of benzene rings is 2. The molecule has 0 saturated carbocycles. The molecule has 0 aliphatic carbocycles. The molecule has 1 atom stereocenters. The first-order valence-corrected chi connectivity index (χ1v) is 9.98. The summed E-state index contributed by atoms with van der Waals surface area (Å²) in [4.78, 5) is 11.9. The summed E-state index contributed by atoms with van der Waals surface area (Å²) in [5.74, 6) is -0.144. The Hall–Kier alpha value is -1.90. The summed E-state index contributed by atoms with van der Waals surface area (Å²) in [5, 5.41) is 0. The SMILES string of the molecule is COC(=O)C(CCOS(=O)(=O)c1ccc(C)cc1)Oc1ccc(Br)cc1. The Kier molecular flexibility index (Phi) is 7.19. The molecule has 0 aromatic heterocycles. The van der Waals surface area contributed by atoms with E-state index < -0.39 is 22.2 Å². The minimum absolute atomic E-state index is 0.0217. The predicted molar refractivity (Wildman–Crippen MR) is 99.5 cm³/mol. The molecule has 0 aliphatic heterocycles. The van der Waals surface area contributed by atoms with Gasteiger partial charge in [0.05, 0.1) is 18.6 Å². The third kappa shape index (κ3) is 5.82. The number of rotatable bonds is 8. The van der Waals surface area contributed by atoms with Gasteiger partial charge in [0.2, 0.25) is 0 Å². The molecule has 2 rings (SSSR count). The first kappa shape index (κ1) is 20.4. The molecule has 0 N–H and O–H groups in total. The minimum Gasteiger partial charge on any atom is -0.479 e. The third-order valence-corrected chi connectivity index (χ3v) is 5.34. The average Bonchev–Trinajstić information content (AvgIpc) is 2.62. The Morgan fingerprint density at radius 2 is 1.69 bits per heavy atom. The molecule has 0 amide bonds. The maximum Gasteiger partial charge on any atom is 0.347 e. The summed E-state index contributed by atoms with van der Waals surface area (Å²) in [5.41, 5.74) is 0.942. The molecule has 2 aromatic carbocycles. The number of methoxy groups -OCH3 is 1. The number of halogens is 1. The highest BCUT2D eigenvalue weighted by atomic mass is 79.9. The zero-order valence-electron chi connectivity index (χ0n) is 14.3.